The Hall–Kier alpha value is -2.10. The molecule has 1 amide bonds. The van der Waals surface area contributed by atoms with Gasteiger partial charge in [0.25, 0.3) is 5.91 Å². The fraction of sp³-hybridized carbons (Fsp3) is 0.500. The van der Waals surface area contributed by atoms with Gasteiger partial charge in [0, 0.05) is 58.2 Å². The number of halogens is 1. The van der Waals surface area contributed by atoms with Gasteiger partial charge >= 0.3 is 0 Å². The largest absolute Gasteiger partial charge is 0.357 e. The minimum absolute atomic E-state index is 0. The number of unbranched alkanes of at least 4 members (excludes halogenated alkanes) is 1. The van der Waals surface area contributed by atoms with E-state index in [-0.39, 0.29) is 29.9 Å². The zero-order chi connectivity index (χ0) is 21.1. The summed E-state index contributed by atoms with van der Waals surface area (Å²) in [5, 5.41) is 6.67. The number of rotatable bonds is 10. The van der Waals surface area contributed by atoms with Crippen LogP contribution >= 0.6 is 24.0 Å². The van der Waals surface area contributed by atoms with E-state index in [0.717, 1.165) is 68.4 Å². The second kappa shape index (κ2) is 14.0. The summed E-state index contributed by atoms with van der Waals surface area (Å²) < 4.78 is 2.17. The minimum atomic E-state index is 0. The molecule has 30 heavy (non-hydrogen) atoms. The monoisotopic (exact) mass is 526 g/mol. The molecule has 1 aromatic carbocycles. The molecule has 0 spiro atoms. The van der Waals surface area contributed by atoms with Crippen LogP contribution in [0.5, 0.6) is 0 Å². The predicted molar refractivity (Wildman–Crippen MR) is 134 cm³/mol. The summed E-state index contributed by atoms with van der Waals surface area (Å²) in [5.74, 6) is 1.92. The Balaban J connectivity index is 0.00000450. The molecule has 0 aliphatic carbocycles. The number of carbonyl (C=O) groups is 1. The number of amides is 1. The summed E-state index contributed by atoms with van der Waals surface area (Å²) in [7, 11) is 3.54. The van der Waals surface area contributed by atoms with Gasteiger partial charge in [-0.25, -0.2) is 4.98 Å². The van der Waals surface area contributed by atoms with Crippen LogP contribution < -0.4 is 10.6 Å². The van der Waals surface area contributed by atoms with Gasteiger partial charge in [-0.2, -0.15) is 0 Å². The second-order valence-corrected chi connectivity index (χ2v) is 7.21. The summed E-state index contributed by atoms with van der Waals surface area (Å²) in [6, 6.07) is 7.81. The molecule has 2 rings (SSSR count). The van der Waals surface area contributed by atoms with E-state index in [1.807, 2.05) is 37.5 Å². The number of imidazole rings is 1. The number of aromatic nitrogens is 2. The van der Waals surface area contributed by atoms with Gasteiger partial charge in [0.1, 0.15) is 5.82 Å². The van der Waals surface area contributed by atoms with Gasteiger partial charge in [-0.3, -0.25) is 9.79 Å². The van der Waals surface area contributed by atoms with Crippen LogP contribution in [-0.4, -0.2) is 60.0 Å². The molecule has 0 bridgehead atoms. The van der Waals surface area contributed by atoms with Crippen molar-refractivity contribution in [3.05, 3.63) is 53.6 Å². The summed E-state index contributed by atoms with van der Waals surface area (Å²) in [4.78, 5) is 22.6. The SMILES string of the molecule is CCNC(=NCCCCn1ccnc1C)NCCc1cccc(C(=O)N(C)C)c1.I. The smallest absolute Gasteiger partial charge is 0.253 e. The molecule has 1 aromatic heterocycles. The lowest BCUT2D eigenvalue weighted by Crippen LogP contribution is -2.38. The number of aliphatic imine (C=N–C) groups is 1. The third-order valence-corrected chi connectivity index (χ3v) is 4.63. The van der Waals surface area contributed by atoms with Crippen LogP contribution in [0.15, 0.2) is 41.7 Å². The van der Waals surface area contributed by atoms with E-state index >= 15 is 0 Å². The maximum Gasteiger partial charge on any atom is 0.253 e. The minimum Gasteiger partial charge on any atom is -0.357 e. The molecule has 0 saturated heterocycles. The second-order valence-electron chi connectivity index (χ2n) is 7.21. The van der Waals surface area contributed by atoms with Gasteiger partial charge in [0.2, 0.25) is 0 Å². The van der Waals surface area contributed by atoms with E-state index in [1.54, 1.807) is 19.0 Å². The van der Waals surface area contributed by atoms with E-state index in [4.69, 9.17) is 0 Å². The molecule has 0 saturated carbocycles. The molecule has 0 fully saturated rings. The van der Waals surface area contributed by atoms with Gasteiger partial charge in [0.05, 0.1) is 0 Å². The number of nitrogens with one attached hydrogen (secondary N) is 2. The van der Waals surface area contributed by atoms with Gasteiger partial charge in [-0.15, -0.1) is 24.0 Å². The molecule has 0 unspecified atom stereocenters. The molecule has 166 valence electrons. The molecular formula is C22H35IN6O. The molecule has 8 heteroatoms. The van der Waals surface area contributed by atoms with E-state index in [0.29, 0.717) is 0 Å². The number of aryl methyl sites for hydroxylation is 2. The van der Waals surface area contributed by atoms with Crippen molar-refractivity contribution in [2.75, 3.05) is 33.7 Å². The maximum atomic E-state index is 12.1. The van der Waals surface area contributed by atoms with E-state index in [2.05, 4.69) is 38.2 Å². The van der Waals surface area contributed by atoms with Gasteiger partial charge in [0.15, 0.2) is 5.96 Å². The van der Waals surface area contributed by atoms with E-state index in [1.165, 1.54) is 0 Å². The Morgan fingerprint density at radius 2 is 2.03 bits per heavy atom. The van der Waals surface area contributed by atoms with Crippen LogP contribution in [0.4, 0.5) is 0 Å². The Morgan fingerprint density at radius 1 is 1.23 bits per heavy atom. The zero-order valence-corrected chi connectivity index (χ0v) is 20.8. The number of guanidine groups is 1. The van der Waals surface area contributed by atoms with Crippen molar-refractivity contribution in [2.45, 2.75) is 39.7 Å². The molecule has 0 radical (unpaired) electrons. The van der Waals surface area contributed by atoms with Crippen molar-refractivity contribution in [1.29, 1.82) is 0 Å². The van der Waals surface area contributed by atoms with Crippen molar-refractivity contribution in [3.63, 3.8) is 0 Å². The summed E-state index contributed by atoms with van der Waals surface area (Å²) in [5.41, 5.74) is 1.86. The Kier molecular flexibility index (Phi) is 12.1. The van der Waals surface area contributed by atoms with Crippen molar-refractivity contribution >= 4 is 35.8 Å². The van der Waals surface area contributed by atoms with Crippen LogP contribution in [0.1, 0.15) is 41.5 Å². The third-order valence-electron chi connectivity index (χ3n) is 4.63. The normalized spacial score (nSPS) is 11.0. The molecule has 1 heterocycles. The lowest BCUT2D eigenvalue weighted by molar-refractivity contribution is 0.0827. The van der Waals surface area contributed by atoms with Crippen molar-refractivity contribution in [3.8, 4) is 0 Å². The van der Waals surface area contributed by atoms with Gasteiger partial charge in [-0.1, -0.05) is 12.1 Å². The molecule has 7 nitrogen and oxygen atoms in total. The predicted octanol–water partition coefficient (Wildman–Crippen LogP) is 3.09. The molecule has 0 aliphatic heterocycles. The lowest BCUT2D eigenvalue weighted by atomic mass is 10.1. The van der Waals surface area contributed by atoms with Crippen molar-refractivity contribution < 1.29 is 4.79 Å². The highest BCUT2D eigenvalue weighted by molar-refractivity contribution is 14.0. The topological polar surface area (TPSA) is 74.5 Å². The number of hydrogen-bond acceptors (Lipinski definition) is 3. The number of nitrogens with zero attached hydrogens (tertiary/aromatic N) is 4. The Bertz CT molecular complexity index is 802. The van der Waals surface area contributed by atoms with E-state index < -0.39 is 0 Å². The fourth-order valence-corrected chi connectivity index (χ4v) is 3.01. The first-order valence-electron chi connectivity index (χ1n) is 10.3. The average Bonchev–Trinajstić information content (AvgIpc) is 3.12. The number of carbonyl (C=O) groups excluding carboxylic acids is 1. The summed E-state index contributed by atoms with van der Waals surface area (Å²) in [6.45, 7) is 7.45. The molecule has 0 atom stereocenters. The maximum absolute atomic E-state index is 12.1. The highest BCUT2D eigenvalue weighted by Gasteiger charge is 2.08. The highest BCUT2D eigenvalue weighted by atomic mass is 127. The van der Waals surface area contributed by atoms with Crippen LogP contribution in [0.25, 0.3) is 0 Å². The van der Waals surface area contributed by atoms with Crippen LogP contribution in [0, 0.1) is 6.92 Å². The van der Waals surface area contributed by atoms with Crippen molar-refractivity contribution in [2.24, 2.45) is 4.99 Å². The Morgan fingerprint density at radius 3 is 2.70 bits per heavy atom. The molecule has 0 aliphatic rings. The van der Waals surface area contributed by atoms with Gasteiger partial charge < -0.3 is 20.1 Å². The quantitative estimate of drug-likeness (QED) is 0.216. The average molecular weight is 526 g/mol. The van der Waals surface area contributed by atoms with Crippen LogP contribution in [0.2, 0.25) is 0 Å². The fourth-order valence-electron chi connectivity index (χ4n) is 3.01. The molecular weight excluding hydrogens is 491 g/mol. The first-order valence-corrected chi connectivity index (χ1v) is 10.3. The van der Waals surface area contributed by atoms with Crippen molar-refractivity contribution in [1.82, 2.24) is 25.1 Å². The highest BCUT2D eigenvalue weighted by Crippen LogP contribution is 2.07. The first-order chi connectivity index (χ1) is 14.0. The number of hydrogen-bond donors (Lipinski definition) is 2. The Labute approximate surface area is 197 Å². The standard InChI is InChI=1S/C22H34N6O.HI/c1-5-23-22(25-12-6-7-15-28-16-14-24-18(28)2)26-13-11-19-9-8-10-20(17-19)21(29)27(3)4;/h8-10,14,16-17H,5-7,11-13,15H2,1-4H3,(H2,23,25,26);1H. The third kappa shape index (κ3) is 8.73. The van der Waals surface area contributed by atoms with Crippen LogP contribution in [-0.2, 0) is 13.0 Å². The zero-order valence-electron chi connectivity index (χ0n) is 18.5. The summed E-state index contributed by atoms with van der Waals surface area (Å²) in [6.07, 6.45) is 6.80. The number of benzene rings is 1. The van der Waals surface area contributed by atoms with Gasteiger partial charge in [-0.05, 0) is 50.8 Å². The van der Waals surface area contributed by atoms with E-state index in [9.17, 15) is 4.79 Å². The van der Waals surface area contributed by atoms with Crippen LogP contribution in [0.3, 0.4) is 0 Å². The lowest BCUT2D eigenvalue weighted by Gasteiger charge is -2.13. The summed E-state index contributed by atoms with van der Waals surface area (Å²) >= 11 is 0. The molecule has 2 aromatic rings. The first kappa shape index (κ1) is 25.9. The molecule has 2 N–H and O–H groups in total.